The lowest BCUT2D eigenvalue weighted by Crippen LogP contribution is -2.36. The third-order valence-corrected chi connectivity index (χ3v) is 4.31. The van der Waals surface area contributed by atoms with Crippen molar-refractivity contribution in [3.05, 3.63) is 45.4 Å². The number of hydrogen-bond acceptors (Lipinski definition) is 4. The molecule has 0 aliphatic carbocycles. The molecule has 0 amide bonds. The van der Waals surface area contributed by atoms with Gasteiger partial charge in [-0.25, -0.2) is 4.98 Å². The highest BCUT2D eigenvalue weighted by atomic mass is 32.1. The van der Waals surface area contributed by atoms with Crippen molar-refractivity contribution in [3.8, 4) is 5.75 Å². The molecule has 1 heterocycles. The smallest absolute Gasteiger partial charge is 0.191 e. The Morgan fingerprint density at radius 1 is 1.27 bits per heavy atom. The summed E-state index contributed by atoms with van der Waals surface area (Å²) in [4.78, 5) is 9.71. The molecule has 118 valence electrons. The van der Waals surface area contributed by atoms with Gasteiger partial charge in [-0.3, -0.25) is 4.99 Å². The highest BCUT2D eigenvalue weighted by molar-refractivity contribution is 7.09. The van der Waals surface area contributed by atoms with Crippen molar-refractivity contribution >= 4 is 17.3 Å². The predicted octanol–water partition coefficient (Wildman–Crippen LogP) is 2.63. The Bertz CT molecular complexity index is 651. The van der Waals surface area contributed by atoms with Crippen LogP contribution in [0.4, 0.5) is 0 Å². The summed E-state index contributed by atoms with van der Waals surface area (Å²) in [6, 6.07) is 6.19. The van der Waals surface area contributed by atoms with Crippen molar-refractivity contribution in [1.29, 1.82) is 0 Å². The van der Waals surface area contributed by atoms with Crippen LogP contribution in [0.15, 0.2) is 28.7 Å². The van der Waals surface area contributed by atoms with Crippen LogP contribution in [0.5, 0.6) is 5.75 Å². The van der Waals surface area contributed by atoms with E-state index in [0.29, 0.717) is 6.54 Å². The fraction of sp³-hybridized carbons (Fsp3) is 0.375. The van der Waals surface area contributed by atoms with Gasteiger partial charge in [0.25, 0.3) is 0 Å². The maximum absolute atomic E-state index is 5.42. The Morgan fingerprint density at radius 2 is 2.05 bits per heavy atom. The van der Waals surface area contributed by atoms with Gasteiger partial charge in [-0.05, 0) is 25.5 Å². The van der Waals surface area contributed by atoms with E-state index in [1.54, 1.807) is 25.5 Å². The molecule has 0 radical (unpaired) electrons. The second-order valence-corrected chi connectivity index (χ2v) is 5.89. The van der Waals surface area contributed by atoms with Crippen LogP contribution in [-0.4, -0.2) is 25.1 Å². The molecular formula is C16H22N4OS. The molecule has 0 saturated heterocycles. The predicted molar refractivity (Wildman–Crippen MR) is 91.6 cm³/mol. The second kappa shape index (κ2) is 7.79. The molecule has 2 N–H and O–H groups in total. The first-order chi connectivity index (χ1) is 10.6. The molecule has 0 saturated carbocycles. The molecule has 0 spiro atoms. The summed E-state index contributed by atoms with van der Waals surface area (Å²) in [7, 11) is 3.46. The quantitative estimate of drug-likeness (QED) is 0.657. The Morgan fingerprint density at radius 3 is 2.68 bits per heavy atom. The van der Waals surface area contributed by atoms with E-state index in [-0.39, 0.29) is 0 Å². The van der Waals surface area contributed by atoms with Crippen LogP contribution in [0.3, 0.4) is 0 Å². The average Bonchev–Trinajstić information content (AvgIpc) is 2.93. The van der Waals surface area contributed by atoms with Crippen molar-refractivity contribution in [2.75, 3.05) is 14.2 Å². The Hall–Kier alpha value is -2.08. The topological polar surface area (TPSA) is 58.5 Å². The van der Waals surface area contributed by atoms with Crippen LogP contribution in [-0.2, 0) is 13.1 Å². The number of methoxy groups -OCH3 is 1. The number of aliphatic imine (C=N–C) groups is 1. The van der Waals surface area contributed by atoms with Gasteiger partial charge in [0, 0.05) is 24.0 Å². The van der Waals surface area contributed by atoms with Crippen LogP contribution in [0.25, 0.3) is 0 Å². The van der Waals surface area contributed by atoms with Gasteiger partial charge in [0.2, 0.25) is 0 Å². The van der Waals surface area contributed by atoms with E-state index < -0.39 is 0 Å². The number of hydrogen-bond donors (Lipinski definition) is 2. The number of thiazole rings is 1. The number of aryl methyl sites for hydroxylation is 2. The maximum atomic E-state index is 5.42. The summed E-state index contributed by atoms with van der Waals surface area (Å²) in [5.41, 5.74) is 5.21. The Labute approximate surface area is 135 Å². The van der Waals surface area contributed by atoms with E-state index in [2.05, 4.69) is 39.7 Å². The van der Waals surface area contributed by atoms with Crippen LogP contribution in [0.1, 0.15) is 21.7 Å². The second-order valence-electron chi connectivity index (χ2n) is 4.96. The van der Waals surface area contributed by atoms with E-state index in [1.165, 1.54) is 10.4 Å². The summed E-state index contributed by atoms with van der Waals surface area (Å²) >= 11 is 1.65. The molecule has 2 aromatic rings. The van der Waals surface area contributed by atoms with Gasteiger partial charge in [0.15, 0.2) is 5.96 Å². The molecule has 0 unspecified atom stereocenters. The minimum atomic E-state index is 0.658. The fourth-order valence-electron chi connectivity index (χ4n) is 2.06. The summed E-state index contributed by atoms with van der Waals surface area (Å²) in [6.07, 6.45) is 0. The molecule has 0 atom stereocenters. The molecule has 1 aromatic heterocycles. The van der Waals surface area contributed by atoms with E-state index in [4.69, 9.17) is 4.74 Å². The number of nitrogens with zero attached hydrogens (tertiary/aromatic N) is 2. The van der Waals surface area contributed by atoms with Crippen molar-refractivity contribution in [3.63, 3.8) is 0 Å². The number of ether oxygens (including phenoxy) is 1. The van der Waals surface area contributed by atoms with Crippen LogP contribution < -0.4 is 15.4 Å². The van der Waals surface area contributed by atoms with Crippen LogP contribution >= 0.6 is 11.3 Å². The van der Waals surface area contributed by atoms with E-state index >= 15 is 0 Å². The highest BCUT2D eigenvalue weighted by Crippen LogP contribution is 2.19. The number of benzene rings is 1. The Kier molecular flexibility index (Phi) is 5.77. The van der Waals surface area contributed by atoms with Crippen LogP contribution in [0.2, 0.25) is 0 Å². The van der Waals surface area contributed by atoms with Gasteiger partial charge < -0.3 is 15.4 Å². The lowest BCUT2D eigenvalue weighted by atomic mass is 10.1. The molecule has 0 bridgehead atoms. The van der Waals surface area contributed by atoms with Crippen LogP contribution in [0, 0.1) is 13.8 Å². The highest BCUT2D eigenvalue weighted by Gasteiger charge is 2.06. The van der Waals surface area contributed by atoms with Crippen molar-refractivity contribution < 1.29 is 4.74 Å². The molecule has 5 nitrogen and oxygen atoms in total. The SMILES string of the molecule is CN=C(NCc1ccc(C)cc1OC)NCc1scnc1C. The van der Waals surface area contributed by atoms with Crippen molar-refractivity contribution in [2.24, 2.45) is 4.99 Å². The first-order valence-electron chi connectivity index (χ1n) is 7.11. The number of aromatic nitrogens is 1. The molecule has 6 heteroatoms. The summed E-state index contributed by atoms with van der Waals surface area (Å²) in [5, 5.41) is 6.61. The summed E-state index contributed by atoms with van der Waals surface area (Å²) in [6.45, 7) is 5.45. The average molecular weight is 318 g/mol. The number of nitrogens with one attached hydrogen (secondary N) is 2. The van der Waals surface area contributed by atoms with E-state index in [0.717, 1.165) is 29.5 Å². The molecule has 1 aromatic carbocycles. The third-order valence-electron chi connectivity index (χ3n) is 3.37. The van der Waals surface area contributed by atoms with Gasteiger partial charge in [-0.2, -0.15) is 0 Å². The molecule has 0 aliphatic rings. The monoisotopic (exact) mass is 318 g/mol. The van der Waals surface area contributed by atoms with Gasteiger partial charge in [0.05, 0.1) is 24.9 Å². The number of rotatable bonds is 5. The third kappa shape index (κ3) is 4.21. The fourth-order valence-corrected chi connectivity index (χ4v) is 2.77. The van der Waals surface area contributed by atoms with Gasteiger partial charge >= 0.3 is 0 Å². The maximum Gasteiger partial charge on any atom is 0.191 e. The van der Waals surface area contributed by atoms with Crippen molar-refractivity contribution in [1.82, 2.24) is 15.6 Å². The van der Waals surface area contributed by atoms with E-state index in [1.807, 2.05) is 18.5 Å². The standard InChI is InChI=1S/C16H22N4OS/c1-11-5-6-13(14(7-11)21-4)8-18-16(17-3)19-9-15-12(2)20-10-22-15/h5-7,10H,8-9H2,1-4H3,(H2,17,18,19). The van der Waals surface area contributed by atoms with E-state index in [9.17, 15) is 0 Å². The normalized spacial score (nSPS) is 11.4. The van der Waals surface area contributed by atoms with Gasteiger partial charge in [0.1, 0.15) is 5.75 Å². The molecule has 22 heavy (non-hydrogen) atoms. The summed E-state index contributed by atoms with van der Waals surface area (Å²) < 4.78 is 5.42. The van der Waals surface area contributed by atoms with Gasteiger partial charge in [-0.15, -0.1) is 11.3 Å². The van der Waals surface area contributed by atoms with Gasteiger partial charge in [-0.1, -0.05) is 12.1 Å². The zero-order chi connectivity index (χ0) is 15.9. The minimum Gasteiger partial charge on any atom is -0.496 e. The lowest BCUT2D eigenvalue weighted by molar-refractivity contribution is 0.408. The largest absolute Gasteiger partial charge is 0.496 e. The number of guanidine groups is 1. The molecule has 2 rings (SSSR count). The minimum absolute atomic E-state index is 0.658. The first-order valence-corrected chi connectivity index (χ1v) is 7.99. The zero-order valence-electron chi connectivity index (χ0n) is 13.4. The first kappa shape index (κ1) is 16.3. The van der Waals surface area contributed by atoms with Crippen molar-refractivity contribution in [2.45, 2.75) is 26.9 Å². The zero-order valence-corrected chi connectivity index (χ0v) is 14.3. The molecule has 0 aliphatic heterocycles. The molecular weight excluding hydrogens is 296 g/mol. The lowest BCUT2D eigenvalue weighted by Gasteiger charge is -2.14. The summed E-state index contributed by atoms with van der Waals surface area (Å²) in [5.74, 6) is 1.65. The Balaban J connectivity index is 1.93. The molecule has 0 fully saturated rings.